The monoisotopic (exact) mass is 569 g/mol. The van der Waals surface area contributed by atoms with Crippen molar-refractivity contribution in [2.45, 2.75) is 6.18 Å². The van der Waals surface area contributed by atoms with Crippen LogP contribution in [0.5, 0.6) is 11.5 Å². The Labute approximate surface area is 227 Å². The molecule has 0 fully saturated rings. The van der Waals surface area contributed by atoms with Gasteiger partial charge in [-0.15, -0.1) is 0 Å². The summed E-state index contributed by atoms with van der Waals surface area (Å²) in [5, 5.41) is 23.7. The maximum Gasteiger partial charge on any atom is 0.511 e. The molecular weight excluding hydrogens is 553 g/mol. The first-order chi connectivity index (χ1) is 19.4. The Morgan fingerprint density at radius 1 is 0.927 bits per heavy atom. The van der Waals surface area contributed by atoms with E-state index in [-0.39, 0.29) is 45.4 Å². The van der Waals surface area contributed by atoms with E-state index in [0.717, 1.165) is 23.1 Å². The van der Waals surface area contributed by atoms with Gasteiger partial charge < -0.3 is 14.9 Å². The largest absolute Gasteiger partial charge is 0.511 e. The molecule has 4 aromatic rings. The normalized spacial score (nSPS) is 13.8. The highest BCUT2D eigenvalue weighted by Crippen LogP contribution is 2.41. The number of carbonyl (C=O) groups excluding carboxylic acids is 1. The summed E-state index contributed by atoms with van der Waals surface area (Å²) in [5.74, 6) is -3.57. The van der Waals surface area contributed by atoms with E-state index >= 15 is 0 Å². The summed E-state index contributed by atoms with van der Waals surface area (Å²) in [6.07, 6.45) is -6.56. The Bertz CT molecular complexity index is 1740. The van der Waals surface area contributed by atoms with Crippen LogP contribution in [0, 0.1) is 11.6 Å². The Hall–Kier alpha value is -5.46. The molecule has 4 aromatic carbocycles. The van der Waals surface area contributed by atoms with Crippen molar-refractivity contribution in [1.82, 2.24) is 0 Å². The van der Waals surface area contributed by atoms with Crippen LogP contribution in [0.3, 0.4) is 0 Å². The zero-order valence-electron chi connectivity index (χ0n) is 20.4. The molecule has 1 heterocycles. The van der Waals surface area contributed by atoms with Crippen LogP contribution in [0.4, 0.5) is 43.8 Å². The number of phenolic OH excluding ortho intramolecular Hbond substituents is 1. The minimum Gasteiger partial charge on any atom is -0.505 e. The Morgan fingerprint density at radius 2 is 1.68 bits per heavy atom. The molecular formula is C28H16F5N3O5. The van der Waals surface area contributed by atoms with E-state index in [0.29, 0.717) is 17.7 Å². The van der Waals surface area contributed by atoms with Crippen molar-refractivity contribution in [1.29, 1.82) is 0 Å². The second kappa shape index (κ2) is 10.3. The van der Waals surface area contributed by atoms with Crippen molar-refractivity contribution in [2.75, 3.05) is 10.3 Å². The minimum absolute atomic E-state index is 0.00208. The van der Waals surface area contributed by atoms with Crippen LogP contribution >= 0.6 is 0 Å². The third-order valence-electron chi connectivity index (χ3n) is 6.05. The smallest absolute Gasteiger partial charge is 0.505 e. The van der Waals surface area contributed by atoms with E-state index < -0.39 is 35.4 Å². The zero-order valence-corrected chi connectivity index (χ0v) is 20.4. The van der Waals surface area contributed by atoms with Crippen LogP contribution in [-0.4, -0.2) is 28.0 Å². The van der Waals surface area contributed by atoms with Crippen LogP contribution in [0.15, 0.2) is 84.0 Å². The predicted octanol–water partition coefficient (Wildman–Crippen LogP) is 6.91. The lowest BCUT2D eigenvalue weighted by atomic mass is 10.0. The molecule has 13 heteroatoms. The zero-order chi connectivity index (χ0) is 29.5. The predicted molar refractivity (Wildman–Crippen MR) is 137 cm³/mol. The number of aromatic hydroxyl groups is 1. The molecule has 0 atom stereocenters. The van der Waals surface area contributed by atoms with Gasteiger partial charge in [0.1, 0.15) is 23.1 Å². The summed E-state index contributed by atoms with van der Waals surface area (Å²) in [7, 11) is 0. The number of alkyl halides is 3. The topological polar surface area (TPSA) is 111 Å². The van der Waals surface area contributed by atoms with Crippen molar-refractivity contribution in [3.05, 3.63) is 102 Å². The summed E-state index contributed by atoms with van der Waals surface area (Å²) in [6.45, 7) is 0. The van der Waals surface area contributed by atoms with Crippen LogP contribution in [0.25, 0.3) is 11.1 Å². The molecule has 0 aromatic heterocycles. The third kappa shape index (κ3) is 5.24. The molecule has 0 unspecified atom stereocenters. The minimum atomic E-state index is -5.03. The Balaban J connectivity index is 1.52. The number of hydrogen-bond acceptors (Lipinski definition) is 6. The molecule has 8 nitrogen and oxygen atoms in total. The number of hydrogen-bond donors (Lipinski definition) is 3. The molecule has 1 aliphatic rings. The Morgan fingerprint density at radius 3 is 2.41 bits per heavy atom. The van der Waals surface area contributed by atoms with Crippen molar-refractivity contribution >= 4 is 34.8 Å². The summed E-state index contributed by atoms with van der Waals surface area (Å²) in [6, 6.07) is 15.4. The van der Waals surface area contributed by atoms with Crippen molar-refractivity contribution in [3.63, 3.8) is 0 Å². The average molecular weight is 569 g/mol. The number of amides is 1. The molecule has 41 heavy (non-hydrogen) atoms. The van der Waals surface area contributed by atoms with Gasteiger partial charge in [-0.25, -0.2) is 13.6 Å². The number of nitrogens with zero attached hydrogens (tertiary/aromatic N) is 2. The van der Waals surface area contributed by atoms with Gasteiger partial charge in [-0.2, -0.15) is 18.3 Å². The third-order valence-corrected chi connectivity index (χ3v) is 6.05. The van der Waals surface area contributed by atoms with E-state index in [1.165, 1.54) is 42.5 Å². The fourth-order valence-electron chi connectivity index (χ4n) is 4.27. The van der Waals surface area contributed by atoms with Gasteiger partial charge in [0.25, 0.3) is 5.91 Å². The van der Waals surface area contributed by atoms with Crippen molar-refractivity contribution in [3.8, 4) is 22.6 Å². The first-order valence-electron chi connectivity index (χ1n) is 11.6. The highest BCUT2D eigenvalue weighted by atomic mass is 19.4. The number of rotatable bonds is 5. The average Bonchev–Trinajstić information content (AvgIpc) is 3.17. The van der Waals surface area contributed by atoms with E-state index in [9.17, 15) is 36.6 Å². The number of fused-ring (bicyclic) bond motifs is 1. The van der Waals surface area contributed by atoms with Crippen molar-refractivity contribution < 1.29 is 46.5 Å². The first kappa shape index (κ1) is 27.1. The number of nitrogens with one attached hydrogen (secondary N) is 1. The SMILES string of the molecule is O=C(O)Oc1cccc(-c2cccc(NN=C3C(=O)N(c4ccc(F)c(C(F)(F)F)c4)c4ccc(F)cc43)c2O)c1. The van der Waals surface area contributed by atoms with Gasteiger partial charge >= 0.3 is 12.3 Å². The summed E-state index contributed by atoms with van der Waals surface area (Å²) < 4.78 is 72.7. The standard InChI is InChI=1S/C28H16F5N3O5/c29-15-7-10-23-19(12-15)24(26(38)36(23)16-8-9-21(30)20(13-16)28(31,32)33)35-34-22-6-2-5-18(25(22)37)14-3-1-4-17(11-14)41-27(39)40/h1-13,34,37H,(H,39,40). The highest BCUT2D eigenvalue weighted by Gasteiger charge is 2.39. The van der Waals surface area contributed by atoms with Gasteiger partial charge in [-0.3, -0.25) is 15.1 Å². The molecule has 0 saturated heterocycles. The van der Waals surface area contributed by atoms with E-state index in [4.69, 9.17) is 5.11 Å². The van der Waals surface area contributed by atoms with Crippen LogP contribution in [0.1, 0.15) is 11.1 Å². The fraction of sp³-hybridized carbons (Fsp3) is 0.0357. The second-order valence-electron chi connectivity index (χ2n) is 8.63. The van der Waals surface area contributed by atoms with Gasteiger partial charge in [0, 0.05) is 11.1 Å². The molecule has 5 rings (SSSR count). The first-order valence-corrected chi connectivity index (χ1v) is 11.6. The van der Waals surface area contributed by atoms with E-state index in [2.05, 4.69) is 15.3 Å². The van der Waals surface area contributed by atoms with Gasteiger partial charge in [0.05, 0.1) is 22.6 Å². The molecule has 208 valence electrons. The molecule has 0 spiro atoms. The number of ether oxygens (including phenoxy) is 1. The lowest BCUT2D eigenvalue weighted by Crippen LogP contribution is -2.26. The summed E-state index contributed by atoms with van der Waals surface area (Å²) >= 11 is 0. The van der Waals surface area contributed by atoms with E-state index in [1.807, 2.05) is 0 Å². The number of para-hydroxylation sites is 1. The summed E-state index contributed by atoms with van der Waals surface area (Å²) in [5.41, 5.74) is 0.773. The number of anilines is 3. The number of phenols is 1. The van der Waals surface area contributed by atoms with Crippen molar-refractivity contribution in [2.24, 2.45) is 5.10 Å². The van der Waals surface area contributed by atoms with Crippen LogP contribution in [-0.2, 0) is 11.0 Å². The molecule has 0 radical (unpaired) electrons. The maximum absolute atomic E-state index is 14.2. The number of carboxylic acid groups (broad SMARTS) is 1. The van der Waals surface area contributed by atoms with Crippen LogP contribution < -0.4 is 15.1 Å². The Kier molecular flexibility index (Phi) is 6.79. The van der Waals surface area contributed by atoms with Gasteiger partial charge in [-0.1, -0.05) is 24.3 Å². The molecule has 0 bridgehead atoms. The molecule has 1 aliphatic heterocycles. The highest BCUT2D eigenvalue weighted by molar-refractivity contribution is 6.55. The van der Waals surface area contributed by atoms with Gasteiger partial charge in [-0.05, 0) is 60.2 Å². The molecule has 1 amide bonds. The number of benzene rings is 4. The second-order valence-corrected chi connectivity index (χ2v) is 8.63. The fourth-order valence-corrected chi connectivity index (χ4v) is 4.27. The lowest BCUT2D eigenvalue weighted by Gasteiger charge is -2.19. The van der Waals surface area contributed by atoms with E-state index in [1.54, 1.807) is 6.07 Å². The number of carbonyl (C=O) groups is 2. The van der Waals surface area contributed by atoms with Crippen LogP contribution in [0.2, 0.25) is 0 Å². The van der Waals surface area contributed by atoms with Gasteiger partial charge in [0.15, 0.2) is 5.71 Å². The number of hydrazone groups is 1. The molecule has 0 saturated carbocycles. The molecule has 0 aliphatic carbocycles. The maximum atomic E-state index is 14.2. The quantitative estimate of drug-likeness (QED) is 0.0792. The number of halogens is 5. The summed E-state index contributed by atoms with van der Waals surface area (Å²) in [4.78, 5) is 25.1. The molecule has 3 N–H and O–H groups in total. The van der Waals surface area contributed by atoms with Gasteiger partial charge in [0.2, 0.25) is 0 Å². The lowest BCUT2D eigenvalue weighted by molar-refractivity contribution is -0.140.